The molecule has 8 heteroatoms. The number of esters is 2. The van der Waals surface area contributed by atoms with Gasteiger partial charge >= 0.3 is 11.9 Å². The minimum absolute atomic E-state index is 0.175. The van der Waals surface area contributed by atoms with Crippen molar-refractivity contribution in [2.45, 2.75) is 153 Å². The van der Waals surface area contributed by atoms with Crippen molar-refractivity contribution in [3.05, 3.63) is 36.5 Å². The Morgan fingerprint density at radius 3 is 1.48 bits per heavy atom. The van der Waals surface area contributed by atoms with E-state index in [4.69, 9.17) is 9.47 Å². The zero-order valence-corrected chi connectivity index (χ0v) is 28.1. The highest BCUT2D eigenvalue weighted by Gasteiger charge is 2.21. The number of ether oxygens (including phenoxy) is 2. The molecule has 0 amide bonds. The number of aliphatic imine (C=N–C) groups is 2. The van der Waals surface area contributed by atoms with Crippen molar-refractivity contribution in [2.75, 3.05) is 13.1 Å². The summed E-state index contributed by atoms with van der Waals surface area (Å²) in [4.78, 5) is 53.4. The second-order valence-electron chi connectivity index (χ2n) is 13.0. The van der Waals surface area contributed by atoms with E-state index in [9.17, 15) is 19.2 Å². The standard InChI is InChI=1S/C38H58N2O6/c41-31-39-27-17-9-1-3-15-23-35(29-33-19-11-5-6-12-20-33)45-37(43)25-26-38(44)46-36(30-34-21-13-7-8-14-22-34)24-16-4-2-10-18-28-40-32-42/h5,7,11,13,25-26,33-36H,1-4,6,8-10,12,14-24,27-30H2. The largest absolute Gasteiger partial charge is 0.459 e. The van der Waals surface area contributed by atoms with Crippen molar-refractivity contribution in [2.24, 2.45) is 21.8 Å². The van der Waals surface area contributed by atoms with Crippen molar-refractivity contribution in [1.29, 1.82) is 0 Å². The molecule has 0 bridgehead atoms. The Morgan fingerprint density at radius 2 is 1.04 bits per heavy atom. The lowest BCUT2D eigenvalue weighted by Crippen LogP contribution is -2.22. The summed E-state index contributed by atoms with van der Waals surface area (Å²) in [6, 6.07) is 0. The van der Waals surface area contributed by atoms with Gasteiger partial charge in [0.2, 0.25) is 12.2 Å². The maximum Gasteiger partial charge on any atom is 0.331 e. The first-order chi connectivity index (χ1) is 22.6. The highest BCUT2D eigenvalue weighted by molar-refractivity contribution is 5.91. The average molecular weight is 639 g/mol. The number of hydrogen-bond acceptors (Lipinski definition) is 8. The van der Waals surface area contributed by atoms with E-state index in [1.165, 1.54) is 12.2 Å². The lowest BCUT2D eigenvalue weighted by molar-refractivity contribution is -0.147. The summed E-state index contributed by atoms with van der Waals surface area (Å²) in [5, 5.41) is 0. The van der Waals surface area contributed by atoms with Crippen LogP contribution in [0.1, 0.15) is 141 Å². The Bertz CT molecular complexity index is 944. The van der Waals surface area contributed by atoms with Gasteiger partial charge in [-0.1, -0.05) is 62.8 Å². The number of carbonyl (C=O) groups excluding carboxylic acids is 4. The van der Waals surface area contributed by atoms with Gasteiger partial charge in [-0.3, -0.25) is 0 Å². The molecule has 0 heterocycles. The van der Waals surface area contributed by atoms with Crippen LogP contribution in [0.3, 0.4) is 0 Å². The predicted molar refractivity (Wildman–Crippen MR) is 182 cm³/mol. The molecule has 0 saturated heterocycles. The van der Waals surface area contributed by atoms with Crippen molar-refractivity contribution in [3.8, 4) is 0 Å². The van der Waals surface area contributed by atoms with Gasteiger partial charge in [0, 0.05) is 12.2 Å². The number of nitrogens with zero attached hydrogens (tertiary/aromatic N) is 2. The highest BCUT2D eigenvalue weighted by atomic mass is 16.5. The third kappa shape index (κ3) is 20.9. The molecule has 46 heavy (non-hydrogen) atoms. The number of unbranched alkanes of at least 4 members (excludes halogenated alkanes) is 8. The Balaban J connectivity index is 1.86. The minimum atomic E-state index is -0.484. The van der Waals surface area contributed by atoms with Crippen LogP contribution in [-0.4, -0.2) is 49.4 Å². The van der Waals surface area contributed by atoms with E-state index in [2.05, 4.69) is 34.3 Å². The molecule has 4 atom stereocenters. The van der Waals surface area contributed by atoms with Gasteiger partial charge in [-0.25, -0.2) is 29.2 Å². The van der Waals surface area contributed by atoms with E-state index in [-0.39, 0.29) is 12.2 Å². The van der Waals surface area contributed by atoms with Crippen molar-refractivity contribution >= 4 is 24.1 Å². The van der Waals surface area contributed by atoms with E-state index in [0.717, 1.165) is 141 Å². The van der Waals surface area contributed by atoms with Gasteiger partial charge in [0.1, 0.15) is 12.2 Å². The molecule has 4 unspecified atom stereocenters. The van der Waals surface area contributed by atoms with E-state index in [1.54, 1.807) is 12.2 Å². The number of carbonyl (C=O) groups is 2. The molecule has 2 aliphatic carbocycles. The fraction of sp³-hybridized carbons (Fsp3) is 0.737. The smallest absolute Gasteiger partial charge is 0.331 e. The SMILES string of the molecule is O=C=NCCCCCCCC(CC1CC=CCCC1)OC(=O)C=CC(=O)OC(CCCCCCCN=C=O)CC1CC=CCCC1. The van der Waals surface area contributed by atoms with Crippen LogP contribution >= 0.6 is 0 Å². The highest BCUT2D eigenvalue weighted by Crippen LogP contribution is 2.27. The molecule has 256 valence electrons. The lowest BCUT2D eigenvalue weighted by atomic mass is 9.92. The Labute approximate surface area is 277 Å². The van der Waals surface area contributed by atoms with Crippen LogP contribution in [0.2, 0.25) is 0 Å². The molecule has 2 aliphatic rings. The third-order valence-electron chi connectivity index (χ3n) is 9.07. The molecule has 0 aromatic heterocycles. The summed E-state index contributed by atoms with van der Waals surface area (Å²) in [6.07, 6.45) is 36.3. The summed E-state index contributed by atoms with van der Waals surface area (Å²) < 4.78 is 11.8. The molecular weight excluding hydrogens is 580 g/mol. The Morgan fingerprint density at radius 1 is 0.630 bits per heavy atom. The Kier molecular flexibility index (Phi) is 23.0. The van der Waals surface area contributed by atoms with Gasteiger partial charge < -0.3 is 9.47 Å². The number of allylic oxidation sites excluding steroid dienone is 4. The van der Waals surface area contributed by atoms with Gasteiger partial charge in [0.15, 0.2) is 0 Å². The van der Waals surface area contributed by atoms with E-state index in [0.29, 0.717) is 24.9 Å². The van der Waals surface area contributed by atoms with E-state index in [1.807, 2.05) is 0 Å². The first-order valence-corrected chi connectivity index (χ1v) is 18.1. The molecule has 0 aliphatic heterocycles. The topological polar surface area (TPSA) is 111 Å². The normalized spacial score (nSPS) is 19.3. The summed E-state index contributed by atoms with van der Waals surface area (Å²) in [5.41, 5.74) is 0. The molecule has 0 N–H and O–H groups in total. The maximum atomic E-state index is 12.9. The molecule has 0 saturated carbocycles. The van der Waals surface area contributed by atoms with Crippen LogP contribution in [-0.2, 0) is 28.7 Å². The quantitative estimate of drug-likeness (QED) is 0.0260. The second-order valence-corrected chi connectivity index (χ2v) is 13.0. The second kappa shape index (κ2) is 27.1. The monoisotopic (exact) mass is 638 g/mol. The first-order valence-electron chi connectivity index (χ1n) is 18.1. The lowest BCUT2D eigenvalue weighted by Gasteiger charge is -2.23. The number of rotatable bonds is 24. The van der Waals surface area contributed by atoms with Crippen LogP contribution in [0.25, 0.3) is 0 Å². The van der Waals surface area contributed by atoms with Gasteiger partial charge in [0.05, 0.1) is 13.1 Å². The van der Waals surface area contributed by atoms with Crippen molar-refractivity contribution in [1.82, 2.24) is 0 Å². The minimum Gasteiger partial charge on any atom is -0.459 e. The van der Waals surface area contributed by atoms with E-state index >= 15 is 0 Å². The third-order valence-corrected chi connectivity index (χ3v) is 9.07. The van der Waals surface area contributed by atoms with Gasteiger partial charge in [-0.05, 0) is 115 Å². The summed E-state index contributed by atoms with van der Waals surface area (Å²) in [6.45, 7) is 1.07. The van der Waals surface area contributed by atoms with Gasteiger partial charge in [-0.15, -0.1) is 0 Å². The molecule has 8 nitrogen and oxygen atoms in total. The fourth-order valence-electron chi connectivity index (χ4n) is 6.54. The first kappa shape index (κ1) is 39.1. The average Bonchev–Trinajstić information content (AvgIpc) is 3.47. The molecule has 0 radical (unpaired) electrons. The van der Waals surface area contributed by atoms with Gasteiger partial charge in [-0.2, -0.15) is 0 Å². The molecule has 0 fully saturated rings. The van der Waals surface area contributed by atoms with E-state index < -0.39 is 11.9 Å². The summed E-state index contributed by atoms with van der Waals surface area (Å²) in [5.74, 6) is 0.0247. The van der Waals surface area contributed by atoms with Crippen LogP contribution in [0, 0.1) is 11.8 Å². The molecule has 0 aromatic rings. The molecular formula is C38H58N2O6. The number of isocyanates is 2. The molecule has 2 rings (SSSR count). The summed E-state index contributed by atoms with van der Waals surface area (Å²) in [7, 11) is 0. The Hall–Kier alpha value is -3.08. The van der Waals surface area contributed by atoms with Crippen LogP contribution in [0.4, 0.5) is 0 Å². The van der Waals surface area contributed by atoms with Crippen LogP contribution in [0.15, 0.2) is 46.4 Å². The number of hydrogen-bond donors (Lipinski definition) is 0. The van der Waals surface area contributed by atoms with Gasteiger partial charge in [0.25, 0.3) is 0 Å². The zero-order chi connectivity index (χ0) is 32.9. The zero-order valence-electron chi connectivity index (χ0n) is 28.1. The predicted octanol–water partition coefficient (Wildman–Crippen LogP) is 8.99. The van der Waals surface area contributed by atoms with Crippen molar-refractivity contribution < 1.29 is 28.7 Å². The fourth-order valence-corrected chi connectivity index (χ4v) is 6.54. The van der Waals surface area contributed by atoms with Crippen molar-refractivity contribution in [3.63, 3.8) is 0 Å². The summed E-state index contributed by atoms with van der Waals surface area (Å²) >= 11 is 0. The molecule has 0 aromatic carbocycles. The molecule has 0 spiro atoms. The maximum absolute atomic E-state index is 12.9. The van der Waals surface area contributed by atoms with Crippen LogP contribution < -0.4 is 0 Å². The van der Waals surface area contributed by atoms with Crippen LogP contribution in [0.5, 0.6) is 0 Å².